The maximum Gasteiger partial charge on any atom is 0.240 e. The van der Waals surface area contributed by atoms with Gasteiger partial charge in [0, 0.05) is 12.8 Å². The summed E-state index contributed by atoms with van der Waals surface area (Å²) in [5.41, 5.74) is 6.76. The van der Waals surface area contributed by atoms with Crippen LogP contribution < -0.4 is 20.3 Å². The lowest BCUT2D eigenvalue weighted by molar-refractivity contribution is -0.123. The summed E-state index contributed by atoms with van der Waals surface area (Å²) in [4.78, 5) is 23.9. The number of nitrogens with zero attached hydrogens (tertiary/aromatic N) is 2. The molecule has 0 aromatic heterocycles. The van der Waals surface area contributed by atoms with Crippen LogP contribution in [0.15, 0.2) is 58.7 Å². The highest BCUT2D eigenvalue weighted by atomic mass is 16.5. The van der Waals surface area contributed by atoms with Gasteiger partial charge >= 0.3 is 0 Å². The number of carbonyl (C=O) groups is 2. The average Bonchev–Trinajstić information content (AvgIpc) is 2.89. The number of rotatable bonds is 17. The number of hydrazone groups is 2. The van der Waals surface area contributed by atoms with Crippen LogP contribution in [-0.4, -0.2) is 37.5 Å². The van der Waals surface area contributed by atoms with Gasteiger partial charge in [-0.15, -0.1) is 0 Å². The molecule has 0 saturated carbocycles. The lowest BCUT2D eigenvalue weighted by atomic mass is 10.2. The van der Waals surface area contributed by atoms with Gasteiger partial charge in [0.2, 0.25) is 11.8 Å². The zero-order valence-electron chi connectivity index (χ0n) is 21.4. The predicted molar refractivity (Wildman–Crippen MR) is 144 cm³/mol. The molecule has 0 bridgehead atoms. The molecule has 0 aliphatic rings. The van der Waals surface area contributed by atoms with Gasteiger partial charge in [-0.3, -0.25) is 9.59 Å². The van der Waals surface area contributed by atoms with Gasteiger partial charge in [0.25, 0.3) is 0 Å². The number of amides is 2. The summed E-state index contributed by atoms with van der Waals surface area (Å²) in [5, 5.41) is 7.96. The summed E-state index contributed by atoms with van der Waals surface area (Å²) in [7, 11) is 0. The fraction of sp³-hybridized carbons (Fsp3) is 0.429. The van der Waals surface area contributed by atoms with Gasteiger partial charge < -0.3 is 9.47 Å². The maximum atomic E-state index is 11.9. The smallest absolute Gasteiger partial charge is 0.240 e. The number of hydrogen-bond acceptors (Lipinski definition) is 6. The van der Waals surface area contributed by atoms with Crippen molar-refractivity contribution in [1.29, 1.82) is 0 Å². The summed E-state index contributed by atoms with van der Waals surface area (Å²) in [6.45, 7) is 5.66. The minimum atomic E-state index is -0.189. The molecule has 0 aliphatic heterocycles. The Bertz CT molecular complexity index is 877. The monoisotopic (exact) mass is 494 g/mol. The molecule has 0 aliphatic carbocycles. The number of benzene rings is 2. The van der Waals surface area contributed by atoms with Crippen molar-refractivity contribution in [1.82, 2.24) is 10.9 Å². The summed E-state index contributed by atoms with van der Waals surface area (Å²) >= 11 is 0. The molecule has 0 unspecified atom stereocenters. The zero-order chi connectivity index (χ0) is 25.8. The van der Waals surface area contributed by atoms with Crippen LogP contribution in [-0.2, 0) is 9.59 Å². The first-order chi connectivity index (χ1) is 17.6. The first-order valence-corrected chi connectivity index (χ1v) is 12.7. The lowest BCUT2D eigenvalue weighted by Gasteiger charge is -2.05. The summed E-state index contributed by atoms with van der Waals surface area (Å²) in [6, 6.07) is 15.1. The lowest BCUT2D eigenvalue weighted by Crippen LogP contribution is -2.19. The fourth-order valence-electron chi connectivity index (χ4n) is 3.01. The third kappa shape index (κ3) is 12.7. The molecular formula is C28H38N4O4. The summed E-state index contributed by atoms with van der Waals surface area (Å²) in [5.74, 6) is 1.26. The van der Waals surface area contributed by atoms with E-state index in [4.69, 9.17) is 9.47 Å². The van der Waals surface area contributed by atoms with Crippen LogP contribution in [0.2, 0.25) is 0 Å². The van der Waals surface area contributed by atoms with E-state index in [0.29, 0.717) is 38.9 Å². The minimum Gasteiger partial charge on any atom is -0.494 e. The summed E-state index contributed by atoms with van der Waals surface area (Å²) in [6.07, 6.45) is 9.18. The average molecular weight is 495 g/mol. The van der Waals surface area contributed by atoms with Crippen LogP contribution in [0.1, 0.15) is 76.3 Å². The Morgan fingerprint density at radius 3 is 1.42 bits per heavy atom. The molecule has 2 rings (SSSR count). The van der Waals surface area contributed by atoms with Crippen LogP contribution in [0.25, 0.3) is 0 Å². The van der Waals surface area contributed by atoms with E-state index in [2.05, 4.69) is 34.9 Å². The molecular weight excluding hydrogens is 456 g/mol. The van der Waals surface area contributed by atoms with E-state index >= 15 is 0 Å². The number of ether oxygens (including phenoxy) is 2. The number of carbonyl (C=O) groups excluding carboxylic acids is 2. The van der Waals surface area contributed by atoms with Crippen molar-refractivity contribution in [2.75, 3.05) is 13.2 Å². The van der Waals surface area contributed by atoms with E-state index in [1.807, 2.05) is 48.5 Å². The van der Waals surface area contributed by atoms with Crippen LogP contribution in [0.4, 0.5) is 0 Å². The Morgan fingerprint density at radius 2 is 1.06 bits per heavy atom. The van der Waals surface area contributed by atoms with E-state index < -0.39 is 0 Å². The highest BCUT2D eigenvalue weighted by Gasteiger charge is 2.03. The van der Waals surface area contributed by atoms with Crippen molar-refractivity contribution in [3.63, 3.8) is 0 Å². The molecule has 2 aromatic carbocycles. The van der Waals surface area contributed by atoms with Crippen molar-refractivity contribution in [3.05, 3.63) is 59.7 Å². The Hall–Kier alpha value is -3.68. The molecule has 0 atom stereocenters. The second-order valence-corrected chi connectivity index (χ2v) is 8.34. The van der Waals surface area contributed by atoms with Gasteiger partial charge in [0.1, 0.15) is 11.5 Å². The van der Waals surface area contributed by atoms with Crippen molar-refractivity contribution < 1.29 is 19.1 Å². The van der Waals surface area contributed by atoms with Crippen LogP contribution in [0.3, 0.4) is 0 Å². The molecule has 0 radical (unpaired) electrons. The molecule has 0 spiro atoms. The van der Waals surface area contributed by atoms with E-state index in [-0.39, 0.29) is 11.8 Å². The molecule has 194 valence electrons. The van der Waals surface area contributed by atoms with E-state index in [9.17, 15) is 9.59 Å². The molecule has 8 nitrogen and oxygen atoms in total. The zero-order valence-corrected chi connectivity index (χ0v) is 21.4. The van der Waals surface area contributed by atoms with Crippen LogP contribution in [0.5, 0.6) is 11.5 Å². The second-order valence-electron chi connectivity index (χ2n) is 8.34. The van der Waals surface area contributed by atoms with Gasteiger partial charge in [-0.1, -0.05) is 26.7 Å². The molecule has 0 heterocycles. The number of hydrogen-bond donors (Lipinski definition) is 2. The van der Waals surface area contributed by atoms with Gasteiger partial charge in [0.05, 0.1) is 25.6 Å². The second kappa shape index (κ2) is 17.7. The largest absolute Gasteiger partial charge is 0.494 e. The van der Waals surface area contributed by atoms with Crippen molar-refractivity contribution in [2.45, 2.75) is 65.2 Å². The van der Waals surface area contributed by atoms with E-state index in [0.717, 1.165) is 48.3 Å². The van der Waals surface area contributed by atoms with E-state index in [1.165, 1.54) is 0 Å². The molecule has 36 heavy (non-hydrogen) atoms. The molecule has 8 heteroatoms. The van der Waals surface area contributed by atoms with Crippen LogP contribution in [0, 0.1) is 0 Å². The van der Waals surface area contributed by atoms with Gasteiger partial charge in [0.15, 0.2) is 0 Å². The quantitative estimate of drug-likeness (QED) is 0.179. The van der Waals surface area contributed by atoms with Gasteiger partial charge in [-0.05, 0) is 85.3 Å². The number of unbranched alkanes of at least 4 members (excludes halogenated alkanes) is 3. The van der Waals surface area contributed by atoms with Crippen molar-refractivity contribution in [3.8, 4) is 11.5 Å². The van der Waals surface area contributed by atoms with Gasteiger partial charge in [-0.2, -0.15) is 10.2 Å². The Balaban J connectivity index is 1.56. The minimum absolute atomic E-state index is 0.189. The Kier molecular flexibility index (Phi) is 14.0. The molecule has 0 saturated heterocycles. The standard InChI is InChI=1S/C28H38N4O4/c1-3-5-19-35-25-15-11-23(12-16-25)21-29-31-27(33)9-7-8-10-28(34)32-30-22-24-13-17-26(18-14-24)36-20-6-4-2/h11-18,21-22H,3-10,19-20H2,1-2H3,(H,31,33)(H,32,34). The van der Waals surface area contributed by atoms with Gasteiger partial charge in [-0.25, -0.2) is 10.9 Å². The normalized spacial score (nSPS) is 11.1. The molecule has 2 aromatic rings. The van der Waals surface area contributed by atoms with E-state index in [1.54, 1.807) is 12.4 Å². The fourth-order valence-corrected chi connectivity index (χ4v) is 3.01. The topological polar surface area (TPSA) is 101 Å². The first kappa shape index (κ1) is 28.6. The molecule has 0 fully saturated rings. The van der Waals surface area contributed by atoms with Crippen LogP contribution >= 0.6 is 0 Å². The van der Waals surface area contributed by atoms with Crippen molar-refractivity contribution >= 4 is 24.2 Å². The highest BCUT2D eigenvalue weighted by Crippen LogP contribution is 2.12. The first-order valence-electron chi connectivity index (χ1n) is 12.7. The highest BCUT2D eigenvalue weighted by molar-refractivity contribution is 5.83. The number of nitrogens with one attached hydrogen (secondary N) is 2. The van der Waals surface area contributed by atoms with Crippen molar-refractivity contribution in [2.24, 2.45) is 10.2 Å². The third-order valence-electron chi connectivity index (χ3n) is 5.16. The SMILES string of the molecule is CCCCOc1ccc(C=NNC(=O)CCCCC(=O)NN=Cc2ccc(OCCCC)cc2)cc1. The summed E-state index contributed by atoms with van der Waals surface area (Å²) < 4.78 is 11.2. The Labute approximate surface area is 214 Å². The molecule has 2 N–H and O–H groups in total. The Morgan fingerprint density at radius 1 is 0.667 bits per heavy atom. The third-order valence-corrected chi connectivity index (χ3v) is 5.16. The predicted octanol–water partition coefficient (Wildman–Crippen LogP) is 5.21. The maximum absolute atomic E-state index is 11.9. The molecule has 2 amide bonds.